The lowest BCUT2D eigenvalue weighted by Gasteiger charge is -2.28. The molecule has 1 fully saturated rings. The van der Waals surface area contributed by atoms with Gasteiger partial charge in [-0.2, -0.15) is 0 Å². The maximum absolute atomic E-state index is 12.2. The van der Waals surface area contributed by atoms with Crippen molar-refractivity contribution < 1.29 is 8.42 Å². The van der Waals surface area contributed by atoms with Gasteiger partial charge < -0.3 is 5.32 Å². The van der Waals surface area contributed by atoms with Crippen molar-refractivity contribution in [2.75, 3.05) is 18.9 Å². The van der Waals surface area contributed by atoms with E-state index < -0.39 is 10.0 Å². The van der Waals surface area contributed by atoms with E-state index in [0.29, 0.717) is 24.2 Å². The van der Waals surface area contributed by atoms with Gasteiger partial charge in [-0.25, -0.2) is 18.1 Å². The zero-order chi connectivity index (χ0) is 14.6. The summed E-state index contributed by atoms with van der Waals surface area (Å²) < 4.78 is 27.1. The molecule has 0 aliphatic heterocycles. The molecule has 20 heavy (non-hydrogen) atoms. The molecule has 1 aliphatic carbocycles. The van der Waals surface area contributed by atoms with Gasteiger partial charge in [0.2, 0.25) is 10.0 Å². The van der Waals surface area contributed by atoms with Crippen molar-refractivity contribution in [3.63, 3.8) is 0 Å². The molecule has 1 aromatic rings. The third kappa shape index (κ3) is 3.70. The number of nitrogens with zero attached hydrogens (tertiary/aromatic N) is 1. The highest BCUT2D eigenvalue weighted by atomic mass is 32.2. The third-order valence-corrected chi connectivity index (χ3v) is 5.54. The summed E-state index contributed by atoms with van der Waals surface area (Å²) in [4.78, 5) is 4.27. The van der Waals surface area contributed by atoms with Gasteiger partial charge in [0.25, 0.3) is 0 Å². The standard InChI is InChI=1S/C14H23N3O2S/c1-11-5-3-4-6-12(11)9-17-20(18,19)13-7-8-14(15-2)16-10-13/h7-8,10-12,17H,3-6,9H2,1-2H3,(H,15,16). The third-order valence-electron chi connectivity index (χ3n) is 4.13. The summed E-state index contributed by atoms with van der Waals surface area (Å²) in [6.45, 7) is 2.73. The Balaban J connectivity index is 1.99. The van der Waals surface area contributed by atoms with E-state index in [0.717, 1.165) is 6.42 Å². The van der Waals surface area contributed by atoms with Gasteiger partial charge in [-0.3, -0.25) is 0 Å². The minimum Gasteiger partial charge on any atom is -0.373 e. The maximum Gasteiger partial charge on any atom is 0.242 e. The number of rotatable bonds is 5. The normalized spacial score (nSPS) is 23.5. The molecule has 2 N–H and O–H groups in total. The number of hydrogen-bond donors (Lipinski definition) is 2. The number of sulfonamides is 1. The van der Waals surface area contributed by atoms with E-state index in [1.54, 1.807) is 19.2 Å². The molecule has 1 heterocycles. The van der Waals surface area contributed by atoms with Crippen LogP contribution in [-0.4, -0.2) is 27.0 Å². The van der Waals surface area contributed by atoms with E-state index in [4.69, 9.17) is 0 Å². The molecule has 5 nitrogen and oxygen atoms in total. The van der Waals surface area contributed by atoms with Crippen LogP contribution in [0.15, 0.2) is 23.2 Å². The Kier molecular flexibility index (Phi) is 4.99. The number of anilines is 1. The lowest BCUT2D eigenvalue weighted by molar-refractivity contribution is 0.257. The Labute approximate surface area is 121 Å². The van der Waals surface area contributed by atoms with E-state index >= 15 is 0 Å². The molecule has 0 amide bonds. The van der Waals surface area contributed by atoms with Gasteiger partial charge in [0.05, 0.1) is 0 Å². The van der Waals surface area contributed by atoms with Crippen molar-refractivity contribution in [2.24, 2.45) is 11.8 Å². The molecular weight excluding hydrogens is 274 g/mol. The minimum atomic E-state index is -3.45. The van der Waals surface area contributed by atoms with E-state index in [1.165, 1.54) is 25.5 Å². The molecule has 0 saturated heterocycles. The van der Waals surface area contributed by atoms with Crippen LogP contribution >= 0.6 is 0 Å². The highest BCUT2D eigenvalue weighted by Crippen LogP contribution is 2.29. The second kappa shape index (κ2) is 6.54. The Morgan fingerprint density at radius 2 is 2.05 bits per heavy atom. The topological polar surface area (TPSA) is 71.1 Å². The summed E-state index contributed by atoms with van der Waals surface area (Å²) in [5, 5.41) is 2.87. The molecule has 2 unspecified atom stereocenters. The predicted octanol–water partition coefficient (Wildman–Crippen LogP) is 2.23. The Morgan fingerprint density at radius 3 is 2.65 bits per heavy atom. The largest absolute Gasteiger partial charge is 0.373 e. The first kappa shape index (κ1) is 15.3. The first-order valence-corrected chi connectivity index (χ1v) is 8.64. The van der Waals surface area contributed by atoms with Crippen molar-refractivity contribution in [3.8, 4) is 0 Å². The molecule has 0 radical (unpaired) electrons. The highest BCUT2D eigenvalue weighted by molar-refractivity contribution is 7.89. The fourth-order valence-electron chi connectivity index (χ4n) is 2.68. The summed E-state index contributed by atoms with van der Waals surface area (Å²) in [7, 11) is -1.70. The second-order valence-corrected chi connectivity index (χ2v) is 7.27. The SMILES string of the molecule is CNc1ccc(S(=O)(=O)NCC2CCCCC2C)cn1. The van der Waals surface area contributed by atoms with Crippen LogP contribution in [0, 0.1) is 11.8 Å². The number of hydrogen-bond acceptors (Lipinski definition) is 4. The quantitative estimate of drug-likeness (QED) is 0.874. The van der Waals surface area contributed by atoms with E-state index in [-0.39, 0.29) is 4.90 Å². The van der Waals surface area contributed by atoms with Crippen LogP contribution in [0.5, 0.6) is 0 Å². The molecule has 6 heteroatoms. The first-order valence-electron chi connectivity index (χ1n) is 7.16. The predicted molar refractivity (Wildman–Crippen MR) is 80.1 cm³/mol. The molecule has 0 bridgehead atoms. The summed E-state index contributed by atoms with van der Waals surface area (Å²) in [6.07, 6.45) is 6.17. The Bertz CT molecular complexity index is 528. The number of aromatic nitrogens is 1. The van der Waals surface area contributed by atoms with Crippen LogP contribution < -0.4 is 10.0 Å². The Hall–Kier alpha value is -1.14. The fraction of sp³-hybridized carbons (Fsp3) is 0.643. The Morgan fingerprint density at radius 1 is 1.30 bits per heavy atom. The molecule has 1 aliphatic rings. The van der Waals surface area contributed by atoms with Gasteiger partial charge in [-0.05, 0) is 30.4 Å². The van der Waals surface area contributed by atoms with Crippen LogP contribution in [0.2, 0.25) is 0 Å². The summed E-state index contributed by atoms with van der Waals surface area (Å²) in [5.74, 6) is 1.70. The van der Waals surface area contributed by atoms with Gasteiger partial charge >= 0.3 is 0 Å². The van der Waals surface area contributed by atoms with Crippen LogP contribution in [0.3, 0.4) is 0 Å². The summed E-state index contributed by atoms with van der Waals surface area (Å²) in [5.41, 5.74) is 0. The van der Waals surface area contributed by atoms with E-state index in [2.05, 4.69) is 21.9 Å². The number of pyridine rings is 1. The maximum atomic E-state index is 12.2. The average molecular weight is 297 g/mol. The van der Waals surface area contributed by atoms with Crippen molar-refractivity contribution in [1.29, 1.82) is 0 Å². The summed E-state index contributed by atoms with van der Waals surface area (Å²) in [6, 6.07) is 3.24. The lowest BCUT2D eigenvalue weighted by atomic mass is 9.81. The van der Waals surface area contributed by atoms with Crippen LogP contribution in [0.4, 0.5) is 5.82 Å². The van der Waals surface area contributed by atoms with Crippen molar-refractivity contribution in [2.45, 2.75) is 37.5 Å². The zero-order valence-corrected chi connectivity index (χ0v) is 12.9. The molecule has 2 atom stereocenters. The second-order valence-electron chi connectivity index (χ2n) is 5.50. The minimum absolute atomic E-state index is 0.222. The highest BCUT2D eigenvalue weighted by Gasteiger charge is 2.23. The van der Waals surface area contributed by atoms with Crippen molar-refractivity contribution >= 4 is 15.8 Å². The van der Waals surface area contributed by atoms with Crippen LogP contribution in [0.1, 0.15) is 32.6 Å². The van der Waals surface area contributed by atoms with Gasteiger partial charge in [0.1, 0.15) is 10.7 Å². The lowest BCUT2D eigenvalue weighted by Crippen LogP contribution is -2.33. The van der Waals surface area contributed by atoms with Crippen LogP contribution in [0.25, 0.3) is 0 Å². The van der Waals surface area contributed by atoms with E-state index in [9.17, 15) is 8.42 Å². The monoisotopic (exact) mass is 297 g/mol. The molecule has 2 rings (SSSR count). The zero-order valence-electron chi connectivity index (χ0n) is 12.1. The molecular formula is C14H23N3O2S. The van der Waals surface area contributed by atoms with Gasteiger partial charge in [0.15, 0.2) is 0 Å². The molecule has 0 spiro atoms. The number of nitrogens with one attached hydrogen (secondary N) is 2. The van der Waals surface area contributed by atoms with Gasteiger partial charge in [0, 0.05) is 19.8 Å². The molecule has 112 valence electrons. The van der Waals surface area contributed by atoms with Crippen LogP contribution in [-0.2, 0) is 10.0 Å². The smallest absolute Gasteiger partial charge is 0.242 e. The van der Waals surface area contributed by atoms with Crippen molar-refractivity contribution in [3.05, 3.63) is 18.3 Å². The molecule has 1 saturated carbocycles. The fourth-order valence-corrected chi connectivity index (χ4v) is 3.72. The molecule has 1 aromatic heterocycles. The average Bonchev–Trinajstić information content (AvgIpc) is 2.46. The first-order chi connectivity index (χ1) is 9.53. The van der Waals surface area contributed by atoms with Crippen molar-refractivity contribution in [1.82, 2.24) is 9.71 Å². The molecule has 0 aromatic carbocycles. The van der Waals surface area contributed by atoms with E-state index in [1.807, 2.05) is 0 Å². The van der Waals surface area contributed by atoms with Gasteiger partial charge in [-0.15, -0.1) is 0 Å². The summed E-state index contributed by atoms with van der Waals surface area (Å²) >= 11 is 0. The van der Waals surface area contributed by atoms with Gasteiger partial charge in [-0.1, -0.05) is 26.2 Å².